The molecule has 0 bridgehead atoms. The molecule has 1 amide bonds. The third-order valence-corrected chi connectivity index (χ3v) is 5.00. The number of nitrogens with one attached hydrogen (secondary N) is 2. The molecule has 1 saturated heterocycles. The first kappa shape index (κ1) is 14.4. The van der Waals surface area contributed by atoms with E-state index in [2.05, 4.69) is 30.2 Å². The Morgan fingerprint density at radius 2 is 2.04 bits per heavy atom. The first-order valence-corrected chi connectivity index (χ1v) is 8.50. The summed E-state index contributed by atoms with van der Waals surface area (Å²) in [6.45, 7) is 1.63. The summed E-state index contributed by atoms with van der Waals surface area (Å²) >= 11 is 0. The van der Waals surface area contributed by atoms with Gasteiger partial charge in [0.15, 0.2) is 11.5 Å². The molecule has 1 aliphatic carbocycles. The van der Waals surface area contributed by atoms with E-state index < -0.39 is 0 Å². The highest BCUT2D eigenvalue weighted by atomic mass is 16.2. The minimum absolute atomic E-state index is 0.0392. The number of carbonyl (C=O) groups is 1. The minimum Gasteiger partial charge on any atom is -0.354 e. The van der Waals surface area contributed by atoms with Crippen LogP contribution in [0.2, 0.25) is 0 Å². The topological polar surface area (TPSA) is 86.8 Å². The summed E-state index contributed by atoms with van der Waals surface area (Å²) in [5.41, 5.74) is 1.52. The molecule has 23 heavy (non-hydrogen) atoms. The smallest absolute Gasteiger partial charge is 0.225 e. The maximum atomic E-state index is 12.6. The Bertz CT molecular complexity index is 693. The number of anilines is 1. The van der Waals surface area contributed by atoms with Crippen LogP contribution in [-0.4, -0.2) is 45.0 Å². The number of H-pyrrole nitrogens is 1. The molecule has 1 atom stereocenters. The number of imidazole rings is 1. The highest BCUT2D eigenvalue weighted by Crippen LogP contribution is 2.26. The molecule has 0 unspecified atom stereocenters. The Hall–Kier alpha value is -2.18. The van der Waals surface area contributed by atoms with E-state index in [1.807, 2.05) is 0 Å². The maximum absolute atomic E-state index is 12.6. The van der Waals surface area contributed by atoms with Gasteiger partial charge >= 0.3 is 0 Å². The first-order chi connectivity index (χ1) is 11.3. The van der Waals surface area contributed by atoms with Crippen LogP contribution in [0.5, 0.6) is 0 Å². The van der Waals surface area contributed by atoms with Crippen LogP contribution in [0.15, 0.2) is 12.7 Å². The standard InChI is InChI=1S/C16H22N6O/c23-16(21-12-5-1-2-6-12)11-4-3-7-22(8-11)15-13-14(18-9-17-13)19-10-20-15/h9-12H,1-8H2,(H,21,23)(H,17,18,19,20)/t11-/m1/s1. The maximum Gasteiger partial charge on any atom is 0.225 e. The van der Waals surface area contributed by atoms with Gasteiger partial charge in [-0.05, 0) is 25.7 Å². The summed E-state index contributed by atoms with van der Waals surface area (Å²) in [5.74, 6) is 1.10. The fourth-order valence-corrected chi connectivity index (χ4v) is 3.76. The molecule has 2 N–H and O–H groups in total. The van der Waals surface area contributed by atoms with Gasteiger partial charge < -0.3 is 15.2 Å². The van der Waals surface area contributed by atoms with Crippen LogP contribution in [0.3, 0.4) is 0 Å². The number of rotatable bonds is 3. The summed E-state index contributed by atoms with van der Waals surface area (Å²) < 4.78 is 0. The number of aromatic nitrogens is 4. The zero-order valence-electron chi connectivity index (χ0n) is 13.2. The van der Waals surface area contributed by atoms with Crippen molar-refractivity contribution in [1.82, 2.24) is 25.3 Å². The number of aromatic amines is 1. The van der Waals surface area contributed by atoms with E-state index in [0.29, 0.717) is 18.2 Å². The van der Waals surface area contributed by atoms with Gasteiger partial charge in [-0.15, -0.1) is 0 Å². The second-order valence-corrected chi connectivity index (χ2v) is 6.57. The van der Waals surface area contributed by atoms with Crippen molar-refractivity contribution in [3.05, 3.63) is 12.7 Å². The van der Waals surface area contributed by atoms with Gasteiger partial charge in [-0.25, -0.2) is 15.0 Å². The SMILES string of the molecule is O=C(NC1CCCC1)[C@@H]1CCCN(c2ncnc3nc[nH]c23)C1. The van der Waals surface area contributed by atoms with Gasteiger partial charge in [-0.2, -0.15) is 0 Å². The summed E-state index contributed by atoms with van der Waals surface area (Å²) in [4.78, 5) is 30.6. The van der Waals surface area contributed by atoms with Crippen molar-refractivity contribution in [2.75, 3.05) is 18.0 Å². The molecule has 7 nitrogen and oxygen atoms in total. The van der Waals surface area contributed by atoms with Gasteiger partial charge in [-0.3, -0.25) is 4.79 Å². The van der Waals surface area contributed by atoms with Crippen molar-refractivity contribution >= 4 is 22.9 Å². The predicted octanol–water partition coefficient (Wildman–Crippen LogP) is 1.63. The van der Waals surface area contributed by atoms with Crippen LogP contribution in [0.4, 0.5) is 5.82 Å². The lowest BCUT2D eigenvalue weighted by molar-refractivity contribution is -0.125. The number of carbonyl (C=O) groups excluding carboxylic acids is 1. The van der Waals surface area contributed by atoms with Crippen molar-refractivity contribution in [3.8, 4) is 0 Å². The van der Waals surface area contributed by atoms with E-state index in [4.69, 9.17) is 0 Å². The lowest BCUT2D eigenvalue weighted by Crippen LogP contribution is -2.45. The third kappa shape index (κ3) is 2.87. The van der Waals surface area contributed by atoms with Gasteiger partial charge in [0.05, 0.1) is 12.2 Å². The second-order valence-electron chi connectivity index (χ2n) is 6.57. The van der Waals surface area contributed by atoms with Crippen molar-refractivity contribution in [2.45, 2.75) is 44.6 Å². The van der Waals surface area contributed by atoms with Crippen LogP contribution < -0.4 is 10.2 Å². The number of amides is 1. The monoisotopic (exact) mass is 314 g/mol. The van der Waals surface area contributed by atoms with Gasteiger partial charge in [0.25, 0.3) is 0 Å². The fraction of sp³-hybridized carbons (Fsp3) is 0.625. The van der Waals surface area contributed by atoms with Crippen LogP contribution >= 0.6 is 0 Å². The van der Waals surface area contributed by atoms with E-state index in [1.54, 1.807) is 12.7 Å². The average Bonchev–Trinajstić information content (AvgIpc) is 3.25. The largest absolute Gasteiger partial charge is 0.354 e. The number of piperidine rings is 1. The highest BCUT2D eigenvalue weighted by Gasteiger charge is 2.29. The second kappa shape index (κ2) is 6.14. The van der Waals surface area contributed by atoms with Crippen LogP contribution in [0, 0.1) is 5.92 Å². The fourth-order valence-electron chi connectivity index (χ4n) is 3.76. The number of fused-ring (bicyclic) bond motifs is 1. The van der Waals surface area contributed by atoms with Crippen molar-refractivity contribution in [1.29, 1.82) is 0 Å². The summed E-state index contributed by atoms with van der Waals surface area (Å²) in [5, 5.41) is 3.23. The van der Waals surface area contributed by atoms with Gasteiger partial charge in [0.2, 0.25) is 5.91 Å². The highest BCUT2D eigenvalue weighted by molar-refractivity contribution is 5.84. The molecule has 7 heteroatoms. The van der Waals surface area contributed by atoms with E-state index in [0.717, 1.165) is 43.6 Å². The Morgan fingerprint density at radius 1 is 1.17 bits per heavy atom. The molecule has 3 heterocycles. The third-order valence-electron chi connectivity index (χ3n) is 5.00. The molecule has 1 saturated carbocycles. The number of nitrogens with zero attached hydrogens (tertiary/aromatic N) is 4. The normalized spacial score (nSPS) is 22.6. The average molecular weight is 314 g/mol. The molecule has 2 aliphatic rings. The zero-order valence-corrected chi connectivity index (χ0v) is 13.2. The molecular formula is C16H22N6O. The van der Waals surface area contributed by atoms with Crippen LogP contribution in [0.25, 0.3) is 11.2 Å². The predicted molar refractivity (Wildman–Crippen MR) is 87.0 cm³/mol. The molecule has 0 aromatic carbocycles. The molecular weight excluding hydrogens is 292 g/mol. The number of hydrogen-bond donors (Lipinski definition) is 2. The molecule has 2 fully saturated rings. The molecule has 2 aromatic rings. The van der Waals surface area contributed by atoms with Crippen molar-refractivity contribution in [3.63, 3.8) is 0 Å². The van der Waals surface area contributed by atoms with E-state index in [1.165, 1.54) is 12.8 Å². The van der Waals surface area contributed by atoms with Crippen molar-refractivity contribution < 1.29 is 4.79 Å². The van der Waals surface area contributed by atoms with Gasteiger partial charge in [-0.1, -0.05) is 12.8 Å². The van der Waals surface area contributed by atoms with E-state index in [9.17, 15) is 4.79 Å². The Morgan fingerprint density at radius 3 is 2.91 bits per heavy atom. The number of hydrogen-bond acceptors (Lipinski definition) is 5. The Labute approximate surface area is 134 Å². The lowest BCUT2D eigenvalue weighted by Gasteiger charge is -2.33. The van der Waals surface area contributed by atoms with E-state index >= 15 is 0 Å². The molecule has 4 rings (SSSR count). The Kier molecular flexibility index (Phi) is 3.85. The van der Waals surface area contributed by atoms with Gasteiger partial charge in [0.1, 0.15) is 11.8 Å². The lowest BCUT2D eigenvalue weighted by atomic mass is 9.96. The quantitative estimate of drug-likeness (QED) is 0.899. The van der Waals surface area contributed by atoms with E-state index in [-0.39, 0.29) is 11.8 Å². The summed E-state index contributed by atoms with van der Waals surface area (Å²) in [6, 6.07) is 0.385. The zero-order chi connectivity index (χ0) is 15.6. The minimum atomic E-state index is 0.0392. The molecule has 1 aliphatic heterocycles. The molecule has 122 valence electrons. The van der Waals surface area contributed by atoms with Gasteiger partial charge in [0, 0.05) is 19.1 Å². The van der Waals surface area contributed by atoms with Crippen LogP contribution in [0.1, 0.15) is 38.5 Å². The van der Waals surface area contributed by atoms with Crippen molar-refractivity contribution in [2.24, 2.45) is 5.92 Å². The first-order valence-electron chi connectivity index (χ1n) is 8.50. The Balaban J connectivity index is 1.48. The van der Waals surface area contributed by atoms with Crippen LogP contribution in [-0.2, 0) is 4.79 Å². The molecule has 2 aromatic heterocycles. The summed E-state index contributed by atoms with van der Waals surface area (Å²) in [7, 11) is 0. The molecule has 0 radical (unpaired) electrons. The summed E-state index contributed by atoms with van der Waals surface area (Å²) in [6.07, 6.45) is 9.86. The molecule has 0 spiro atoms.